The van der Waals surface area contributed by atoms with E-state index in [1.165, 1.54) is 19.3 Å². The lowest BCUT2D eigenvalue weighted by molar-refractivity contribution is -0.116. The van der Waals surface area contributed by atoms with Crippen LogP contribution in [-0.4, -0.2) is 27.9 Å². The number of amides is 1. The second kappa shape index (κ2) is 9.24. The van der Waals surface area contributed by atoms with Crippen LogP contribution in [0, 0.1) is 5.41 Å². The molecule has 1 aromatic carbocycles. The first-order chi connectivity index (χ1) is 11.0. The molecule has 1 aliphatic carbocycles. The van der Waals surface area contributed by atoms with Gasteiger partial charge in [0.1, 0.15) is 11.6 Å². The number of aryl methyl sites for hydroxylation is 1. The second-order valence-corrected chi connectivity index (χ2v) is 6.17. The molecule has 1 fully saturated rings. The molecule has 24 heavy (non-hydrogen) atoms. The SMILES string of the molecule is CC(=N)N(N)C1CCCCC1.N.O=C1CCc2cc(O)ccc2N1. The average molecular weight is 335 g/mol. The Bertz CT molecular complexity index is 570. The first-order valence-electron chi connectivity index (χ1n) is 8.18. The molecule has 0 atom stereocenters. The molecule has 0 bridgehead atoms. The number of hydrogen-bond donors (Lipinski definition) is 5. The molecule has 0 spiro atoms. The van der Waals surface area contributed by atoms with E-state index in [1.807, 2.05) is 0 Å². The van der Waals surface area contributed by atoms with E-state index in [1.54, 1.807) is 30.1 Å². The molecule has 0 saturated heterocycles. The third-order valence-electron chi connectivity index (χ3n) is 4.34. The summed E-state index contributed by atoms with van der Waals surface area (Å²) in [5.41, 5.74) is 1.83. The van der Waals surface area contributed by atoms with Crippen molar-refractivity contribution in [3.8, 4) is 5.75 Å². The monoisotopic (exact) mass is 335 g/mol. The molecule has 7 nitrogen and oxygen atoms in total. The third-order valence-corrected chi connectivity index (χ3v) is 4.34. The predicted molar refractivity (Wildman–Crippen MR) is 96.4 cm³/mol. The van der Waals surface area contributed by atoms with Crippen LogP contribution >= 0.6 is 0 Å². The minimum Gasteiger partial charge on any atom is -0.508 e. The predicted octanol–water partition coefficient (Wildman–Crippen LogP) is 2.93. The number of hydrazine groups is 1. The van der Waals surface area contributed by atoms with Crippen molar-refractivity contribution in [1.82, 2.24) is 11.2 Å². The van der Waals surface area contributed by atoms with Crippen LogP contribution in [0.15, 0.2) is 18.2 Å². The number of phenolic OH excluding ortho intramolecular Hbond substituents is 1. The molecule has 1 aromatic rings. The Morgan fingerprint density at radius 3 is 2.58 bits per heavy atom. The Labute approximate surface area is 143 Å². The van der Waals surface area contributed by atoms with E-state index in [4.69, 9.17) is 16.4 Å². The number of benzene rings is 1. The highest BCUT2D eigenvalue weighted by atomic mass is 16.3. The highest BCUT2D eigenvalue weighted by Crippen LogP contribution is 2.25. The van der Waals surface area contributed by atoms with Crippen LogP contribution in [-0.2, 0) is 11.2 Å². The molecule has 8 N–H and O–H groups in total. The Hall–Kier alpha value is -2.12. The summed E-state index contributed by atoms with van der Waals surface area (Å²) in [5, 5.41) is 20.8. The lowest BCUT2D eigenvalue weighted by Gasteiger charge is -2.30. The first-order valence-corrected chi connectivity index (χ1v) is 8.18. The van der Waals surface area contributed by atoms with Crippen molar-refractivity contribution >= 4 is 17.4 Å². The van der Waals surface area contributed by atoms with Crippen LogP contribution in [0.3, 0.4) is 0 Å². The summed E-state index contributed by atoms with van der Waals surface area (Å²) in [4.78, 5) is 10.9. The van der Waals surface area contributed by atoms with Crippen LogP contribution in [0.4, 0.5) is 5.69 Å². The highest BCUT2D eigenvalue weighted by molar-refractivity contribution is 5.93. The van der Waals surface area contributed by atoms with E-state index in [2.05, 4.69) is 5.32 Å². The van der Waals surface area contributed by atoms with Crippen LogP contribution in [0.5, 0.6) is 5.75 Å². The molecule has 0 unspecified atom stereocenters. The average Bonchev–Trinajstić information content (AvgIpc) is 2.56. The van der Waals surface area contributed by atoms with E-state index >= 15 is 0 Å². The fourth-order valence-electron chi connectivity index (χ4n) is 3.00. The molecule has 1 amide bonds. The van der Waals surface area contributed by atoms with Crippen LogP contribution in [0.25, 0.3) is 0 Å². The van der Waals surface area contributed by atoms with Crippen molar-refractivity contribution in [1.29, 1.82) is 5.41 Å². The quantitative estimate of drug-likeness (QED) is 0.177. The lowest BCUT2D eigenvalue weighted by atomic mass is 9.95. The number of nitrogens with one attached hydrogen (secondary N) is 2. The number of carbonyl (C=O) groups excluding carboxylic acids is 1. The van der Waals surface area contributed by atoms with Gasteiger partial charge < -0.3 is 16.6 Å². The van der Waals surface area contributed by atoms with Gasteiger partial charge in [0.2, 0.25) is 5.91 Å². The number of amidine groups is 1. The summed E-state index contributed by atoms with van der Waals surface area (Å²) in [6.45, 7) is 1.74. The molecule has 134 valence electrons. The normalized spacial score (nSPS) is 16.7. The van der Waals surface area contributed by atoms with Gasteiger partial charge in [0.15, 0.2) is 0 Å². The zero-order valence-corrected chi connectivity index (χ0v) is 14.3. The second-order valence-electron chi connectivity index (χ2n) is 6.17. The van der Waals surface area contributed by atoms with E-state index in [-0.39, 0.29) is 17.8 Å². The van der Waals surface area contributed by atoms with Gasteiger partial charge in [0, 0.05) is 18.2 Å². The Balaban J connectivity index is 0.000000232. The van der Waals surface area contributed by atoms with Gasteiger partial charge in [-0.1, -0.05) is 19.3 Å². The maximum atomic E-state index is 10.9. The molecule has 0 radical (unpaired) electrons. The third kappa shape index (κ3) is 5.50. The first kappa shape index (κ1) is 19.9. The highest BCUT2D eigenvalue weighted by Gasteiger charge is 2.18. The summed E-state index contributed by atoms with van der Waals surface area (Å²) in [5.74, 6) is 6.49. The molecular formula is C17H29N5O2. The number of carbonyl (C=O) groups is 1. The van der Waals surface area contributed by atoms with Gasteiger partial charge in [-0.05, 0) is 49.9 Å². The molecule has 1 aliphatic heterocycles. The van der Waals surface area contributed by atoms with Crippen molar-refractivity contribution in [2.45, 2.75) is 57.9 Å². The van der Waals surface area contributed by atoms with Crippen LogP contribution in [0.1, 0.15) is 51.0 Å². The largest absolute Gasteiger partial charge is 0.508 e. The maximum absolute atomic E-state index is 10.9. The van der Waals surface area contributed by atoms with E-state index in [0.717, 1.165) is 30.5 Å². The number of nitrogens with zero attached hydrogens (tertiary/aromatic N) is 1. The Kier molecular flexibility index (Phi) is 7.67. The topological polar surface area (TPSA) is 137 Å². The summed E-state index contributed by atoms with van der Waals surface area (Å²) in [6, 6.07) is 5.42. The van der Waals surface area contributed by atoms with Crippen molar-refractivity contribution < 1.29 is 9.90 Å². The molecule has 1 heterocycles. The van der Waals surface area contributed by atoms with Crippen molar-refractivity contribution in [3.05, 3.63) is 23.8 Å². The number of anilines is 1. The van der Waals surface area contributed by atoms with Gasteiger partial charge in [0.05, 0.1) is 0 Å². The van der Waals surface area contributed by atoms with E-state index < -0.39 is 0 Å². The van der Waals surface area contributed by atoms with Crippen molar-refractivity contribution in [2.75, 3.05) is 5.32 Å². The zero-order valence-electron chi connectivity index (χ0n) is 14.3. The number of phenols is 1. The van der Waals surface area contributed by atoms with Gasteiger partial charge in [0.25, 0.3) is 0 Å². The molecule has 2 aliphatic rings. The molecule has 0 aromatic heterocycles. The maximum Gasteiger partial charge on any atom is 0.224 e. The smallest absolute Gasteiger partial charge is 0.224 e. The minimum atomic E-state index is 0. The number of aromatic hydroxyl groups is 1. The summed E-state index contributed by atoms with van der Waals surface area (Å²) in [7, 11) is 0. The minimum absolute atomic E-state index is 0. The standard InChI is InChI=1S/C9H9NO2.C8H17N3.H3N/c11-7-2-3-8-6(5-7)1-4-9(12)10-8;1-7(9)11(10)8-5-3-2-4-6-8;/h2-3,5,11H,1,4H2,(H,10,12);8-9H,2-6,10H2,1H3;1H3. The van der Waals surface area contributed by atoms with Gasteiger partial charge in [-0.3, -0.25) is 15.2 Å². The van der Waals surface area contributed by atoms with Crippen molar-refractivity contribution in [3.63, 3.8) is 0 Å². The lowest BCUT2D eigenvalue weighted by Crippen LogP contribution is -2.44. The number of hydrogen-bond acceptors (Lipinski definition) is 5. The van der Waals surface area contributed by atoms with E-state index in [9.17, 15) is 4.79 Å². The zero-order chi connectivity index (χ0) is 16.8. The molecule has 7 heteroatoms. The summed E-state index contributed by atoms with van der Waals surface area (Å²) in [6.07, 6.45) is 7.42. The number of fused-ring (bicyclic) bond motifs is 1. The fourth-order valence-corrected chi connectivity index (χ4v) is 3.00. The van der Waals surface area contributed by atoms with Gasteiger partial charge >= 0.3 is 0 Å². The van der Waals surface area contributed by atoms with Gasteiger partial charge in [-0.25, -0.2) is 5.84 Å². The number of nitrogens with two attached hydrogens (primary N) is 1. The van der Waals surface area contributed by atoms with Gasteiger partial charge in [-0.2, -0.15) is 0 Å². The molecular weight excluding hydrogens is 306 g/mol. The fraction of sp³-hybridized carbons (Fsp3) is 0.529. The van der Waals surface area contributed by atoms with Crippen LogP contribution in [0.2, 0.25) is 0 Å². The summed E-state index contributed by atoms with van der Waals surface area (Å²) >= 11 is 0. The van der Waals surface area contributed by atoms with Crippen LogP contribution < -0.4 is 17.3 Å². The summed E-state index contributed by atoms with van der Waals surface area (Å²) < 4.78 is 0. The van der Waals surface area contributed by atoms with Crippen molar-refractivity contribution in [2.24, 2.45) is 5.84 Å². The molecule has 1 saturated carbocycles. The molecule has 3 rings (SSSR count). The van der Waals surface area contributed by atoms with Gasteiger partial charge in [-0.15, -0.1) is 0 Å². The Morgan fingerprint density at radius 1 is 1.29 bits per heavy atom. The van der Waals surface area contributed by atoms with E-state index in [0.29, 0.717) is 18.3 Å². The number of rotatable bonds is 1. The Morgan fingerprint density at radius 2 is 1.96 bits per heavy atom.